The van der Waals surface area contributed by atoms with Crippen LogP contribution in [0, 0.1) is 0 Å². The van der Waals surface area contributed by atoms with Gasteiger partial charge < -0.3 is 19.5 Å². The summed E-state index contributed by atoms with van der Waals surface area (Å²) in [5.74, 6) is 0.412. The predicted molar refractivity (Wildman–Crippen MR) is 86.9 cm³/mol. The fraction of sp³-hybridized carbons (Fsp3) is 0.222. The summed E-state index contributed by atoms with van der Waals surface area (Å²) >= 11 is 0. The first kappa shape index (κ1) is 15.9. The van der Waals surface area contributed by atoms with Crippen LogP contribution in [-0.2, 0) is 20.7 Å². The van der Waals surface area contributed by atoms with Crippen molar-refractivity contribution in [2.75, 3.05) is 18.7 Å². The first-order valence-electron chi connectivity index (χ1n) is 7.60. The van der Waals surface area contributed by atoms with Crippen molar-refractivity contribution in [2.45, 2.75) is 12.8 Å². The third kappa shape index (κ3) is 4.25. The van der Waals surface area contributed by atoms with Gasteiger partial charge in [0.05, 0.1) is 0 Å². The Labute approximate surface area is 139 Å². The lowest BCUT2D eigenvalue weighted by molar-refractivity contribution is -0.147. The maximum absolute atomic E-state index is 11.8. The van der Waals surface area contributed by atoms with Crippen LogP contribution in [0.5, 0.6) is 11.5 Å². The number of hydrogen-bond acceptors (Lipinski definition) is 5. The maximum atomic E-state index is 11.8. The van der Waals surface area contributed by atoms with Gasteiger partial charge in [-0.15, -0.1) is 0 Å². The zero-order valence-corrected chi connectivity index (χ0v) is 13.0. The minimum Gasteiger partial charge on any atom is -0.456 e. The van der Waals surface area contributed by atoms with Gasteiger partial charge in [0.15, 0.2) is 18.1 Å². The van der Waals surface area contributed by atoms with E-state index in [1.54, 1.807) is 18.2 Å². The van der Waals surface area contributed by atoms with Crippen molar-refractivity contribution >= 4 is 17.6 Å². The second-order valence-corrected chi connectivity index (χ2v) is 5.26. The van der Waals surface area contributed by atoms with Gasteiger partial charge in [0.1, 0.15) is 0 Å². The molecule has 2 aromatic rings. The fourth-order valence-corrected chi connectivity index (χ4v) is 2.28. The molecule has 0 spiro atoms. The standard InChI is InChI=1S/C18H17NO5/c20-17(19-14-7-8-15-16(10-14)24-12-23-15)11-22-18(21)9-6-13-4-2-1-3-5-13/h1-5,7-8,10H,6,9,11-12H2,(H,19,20). The van der Waals surface area contributed by atoms with Crippen molar-refractivity contribution in [1.29, 1.82) is 0 Å². The Morgan fingerprint density at radius 2 is 1.83 bits per heavy atom. The molecule has 1 aliphatic rings. The van der Waals surface area contributed by atoms with E-state index in [-0.39, 0.29) is 19.8 Å². The van der Waals surface area contributed by atoms with Crippen LogP contribution < -0.4 is 14.8 Å². The molecule has 0 saturated heterocycles. The Morgan fingerprint density at radius 3 is 2.67 bits per heavy atom. The van der Waals surface area contributed by atoms with Crippen molar-refractivity contribution in [3.05, 3.63) is 54.1 Å². The number of anilines is 1. The zero-order chi connectivity index (χ0) is 16.8. The zero-order valence-electron chi connectivity index (χ0n) is 13.0. The van der Waals surface area contributed by atoms with E-state index in [1.165, 1.54) is 0 Å². The molecule has 0 bridgehead atoms. The molecule has 6 nitrogen and oxygen atoms in total. The van der Waals surface area contributed by atoms with Gasteiger partial charge in [-0.2, -0.15) is 0 Å². The summed E-state index contributed by atoms with van der Waals surface area (Å²) in [6.07, 6.45) is 0.824. The highest BCUT2D eigenvalue weighted by molar-refractivity contribution is 5.93. The van der Waals surface area contributed by atoms with Gasteiger partial charge in [-0.1, -0.05) is 30.3 Å². The van der Waals surface area contributed by atoms with E-state index in [2.05, 4.69) is 5.32 Å². The molecule has 1 amide bonds. The Balaban J connectivity index is 1.41. The van der Waals surface area contributed by atoms with Crippen LogP contribution in [0.15, 0.2) is 48.5 Å². The van der Waals surface area contributed by atoms with E-state index < -0.39 is 11.9 Å². The summed E-state index contributed by atoms with van der Waals surface area (Å²) in [7, 11) is 0. The molecule has 1 N–H and O–H groups in total. The van der Waals surface area contributed by atoms with E-state index in [1.807, 2.05) is 30.3 Å². The summed E-state index contributed by atoms with van der Waals surface area (Å²) in [4.78, 5) is 23.5. The van der Waals surface area contributed by atoms with Crippen LogP contribution in [0.2, 0.25) is 0 Å². The molecule has 0 atom stereocenters. The molecule has 0 aliphatic carbocycles. The molecular formula is C18H17NO5. The fourth-order valence-electron chi connectivity index (χ4n) is 2.28. The summed E-state index contributed by atoms with van der Waals surface area (Å²) in [6, 6.07) is 14.7. The third-order valence-corrected chi connectivity index (χ3v) is 3.48. The van der Waals surface area contributed by atoms with Gasteiger partial charge in [0.2, 0.25) is 6.79 Å². The largest absolute Gasteiger partial charge is 0.456 e. The molecule has 0 saturated carbocycles. The highest BCUT2D eigenvalue weighted by atomic mass is 16.7. The van der Waals surface area contributed by atoms with Crippen LogP contribution >= 0.6 is 0 Å². The van der Waals surface area contributed by atoms with Gasteiger partial charge in [-0.25, -0.2) is 0 Å². The maximum Gasteiger partial charge on any atom is 0.306 e. The molecule has 0 radical (unpaired) electrons. The predicted octanol–water partition coefficient (Wildman–Crippen LogP) is 2.53. The number of ether oxygens (including phenoxy) is 3. The van der Waals surface area contributed by atoms with Crippen LogP contribution in [-0.4, -0.2) is 25.3 Å². The molecule has 3 rings (SSSR count). The number of rotatable bonds is 6. The number of carbonyl (C=O) groups excluding carboxylic acids is 2. The van der Waals surface area contributed by atoms with Crippen molar-refractivity contribution in [3.63, 3.8) is 0 Å². The van der Waals surface area contributed by atoms with E-state index in [0.29, 0.717) is 23.6 Å². The summed E-state index contributed by atoms with van der Waals surface area (Å²) in [6.45, 7) is -0.145. The highest BCUT2D eigenvalue weighted by Gasteiger charge is 2.14. The van der Waals surface area contributed by atoms with Crippen molar-refractivity contribution in [1.82, 2.24) is 0 Å². The molecule has 0 aromatic heterocycles. The Bertz CT molecular complexity index is 729. The summed E-state index contributed by atoms with van der Waals surface area (Å²) in [5, 5.41) is 2.65. The quantitative estimate of drug-likeness (QED) is 0.825. The molecule has 1 aliphatic heterocycles. The second-order valence-electron chi connectivity index (χ2n) is 5.26. The average molecular weight is 327 g/mol. The van der Waals surface area contributed by atoms with Crippen LogP contribution in [0.3, 0.4) is 0 Å². The van der Waals surface area contributed by atoms with E-state index in [9.17, 15) is 9.59 Å². The molecule has 0 fully saturated rings. The average Bonchev–Trinajstić information content (AvgIpc) is 3.07. The van der Waals surface area contributed by atoms with Gasteiger partial charge in [0, 0.05) is 18.2 Å². The van der Waals surface area contributed by atoms with Gasteiger partial charge in [-0.05, 0) is 24.1 Å². The first-order chi connectivity index (χ1) is 11.7. The summed E-state index contributed by atoms with van der Waals surface area (Å²) in [5.41, 5.74) is 1.61. The summed E-state index contributed by atoms with van der Waals surface area (Å²) < 4.78 is 15.4. The number of amides is 1. The Morgan fingerprint density at radius 1 is 1.04 bits per heavy atom. The minimum absolute atomic E-state index is 0.172. The lowest BCUT2D eigenvalue weighted by atomic mass is 10.1. The molecule has 0 unspecified atom stereocenters. The van der Waals surface area contributed by atoms with Crippen LogP contribution in [0.4, 0.5) is 5.69 Å². The lowest BCUT2D eigenvalue weighted by Crippen LogP contribution is -2.21. The lowest BCUT2D eigenvalue weighted by Gasteiger charge is -2.07. The number of carbonyl (C=O) groups is 2. The van der Waals surface area contributed by atoms with Crippen LogP contribution in [0.25, 0.3) is 0 Å². The first-order valence-corrected chi connectivity index (χ1v) is 7.60. The number of aryl methyl sites for hydroxylation is 1. The number of nitrogens with one attached hydrogen (secondary N) is 1. The smallest absolute Gasteiger partial charge is 0.306 e. The Hall–Kier alpha value is -3.02. The topological polar surface area (TPSA) is 73.9 Å². The molecule has 2 aromatic carbocycles. The van der Waals surface area contributed by atoms with Crippen molar-refractivity contribution < 1.29 is 23.8 Å². The highest BCUT2D eigenvalue weighted by Crippen LogP contribution is 2.34. The monoisotopic (exact) mass is 327 g/mol. The molecule has 6 heteroatoms. The van der Waals surface area contributed by atoms with E-state index in [4.69, 9.17) is 14.2 Å². The number of fused-ring (bicyclic) bond motifs is 1. The number of hydrogen-bond donors (Lipinski definition) is 1. The normalized spacial score (nSPS) is 11.8. The van der Waals surface area contributed by atoms with Gasteiger partial charge >= 0.3 is 5.97 Å². The van der Waals surface area contributed by atoms with Crippen molar-refractivity contribution in [2.24, 2.45) is 0 Å². The van der Waals surface area contributed by atoms with E-state index >= 15 is 0 Å². The second kappa shape index (κ2) is 7.50. The van der Waals surface area contributed by atoms with Gasteiger partial charge in [0.25, 0.3) is 5.91 Å². The number of benzene rings is 2. The minimum atomic E-state index is -0.403. The van der Waals surface area contributed by atoms with E-state index in [0.717, 1.165) is 5.56 Å². The SMILES string of the molecule is O=C(COC(=O)CCc1ccccc1)Nc1ccc2c(c1)OCO2. The molecule has 24 heavy (non-hydrogen) atoms. The number of esters is 1. The van der Waals surface area contributed by atoms with Crippen molar-refractivity contribution in [3.8, 4) is 11.5 Å². The van der Waals surface area contributed by atoms with Gasteiger partial charge in [-0.3, -0.25) is 9.59 Å². The molecule has 124 valence electrons. The Kier molecular flexibility index (Phi) is 4.96. The molecular weight excluding hydrogens is 310 g/mol. The molecule has 1 heterocycles. The third-order valence-electron chi connectivity index (χ3n) is 3.48. The van der Waals surface area contributed by atoms with Crippen LogP contribution in [0.1, 0.15) is 12.0 Å².